The maximum atomic E-state index is 6.08. The molecule has 0 amide bonds. The molecule has 0 radical (unpaired) electrons. The molecule has 0 saturated heterocycles. The summed E-state index contributed by atoms with van der Waals surface area (Å²) in [7, 11) is 0. The topological polar surface area (TPSA) is 59.6 Å². The van der Waals surface area contributed by atoms with Crippen LogP contribution in [0.1, 0.15) is 25.0 Å². The molecule has 3 N–H and O–H groups in total. The fourth-order valence-electron chi connectivity index (χ4n) is 1.98. The van der Waals surface area contributed by atoms with Crippen LogP contribution < -0.4 is 15.8 Å². The number of nitrogens with two attached hydrogens (primary N) is 1. The zero-order chi connectivity index (χ0) is 13.1. The Morgan fingerprint density at radius 2 is 2.33 bits per heavy atom. The van der Waals surface area contributed by atoms with Gasteiger partial charge >= 0.3 is 0 Å². The monoisotopic (exact) mass is 267 g/mol. The van der Waals surface area contributed by atoms with Crippen molar-refractivity contribution in [3.8, 4) is 5.75 Å². The molecule has 0 fully saturated rings. The zero-order valence-corrected chi connectivity index (χ0v) is 11.4. The van der Waals surface area contributed by atoms with E-state index in [2.05, 4.69) is 10.3 Å². The lowest BCUT2D eigenvalue weighted by Crippen LogP contribution is -2.36. The summed E-state index contributed by atoms with van der Waals surface area (Å²) < 4.78 is 5.61. The van der Waals surface area contributed by atoms with E-state index in [9.17, 15) is 0 Å². The lowest BCUT2D eigenvalue weighted by molar-refractivity contribution is 0.353. The average molecular weight is 268 g/mol. The van der Waals surface area contributed by atoms with Crippen molar-refractivity contribution in [3.05, 3.63) is 28.3 Å². The third-order valence-corrected chi connectivity index (χ3v) is 2.90. The fraction of sp³-hybridized carbons (Fsp3) is 0.462. The highest BCUT2D eigenvalue weighted by atomic mass is 35.5. The van der Waals surface area contributed by atoms with E-state index in [1.165, 1.54) is 0 Å². The summed E-state index contributed by atoms with van der Waals surface area (Å²) in [6.07, 6.45) is 0.909. The smallest absolute Gasteiger partial charge is 0.189 e. The number of hydrogen-bond acceptors (Lipinski definition) is 2. The van der Waals surface area contributed by atoms with E-state index < -0.39 is 0 Å². The fourth-order valence-corrected chi connectivity index (χ4v) is 2.24. The first-order chi connectivity index (χ1) is 8.56. The third kappa shape index (κ3) is 3.07. The number of nitrogens with zero attached hydrogens (tertiary/aromatic N) is 1. The number of hydrogen-bond donors (Lipinski definition) is 2. The number of benzene rings is 1. The number of guanidine groups is 1. The molecule has 98 valence electrons. The summed E-state index contributed by atoms with van der Waals surface area (Å²) in [6.45, 7) is 5.23. The minimum absolute atomic E-state index is 0.273. The number of rotatable bonds is 3. The molecular weight excluding hydrogens is 250 g/mol. The van der Waals surface area contributed by atoms with Gasteiger partial charge in [-0.15, -0.1) is 0 Å². The van der Waals surface area contributed by atoms with Gasteiger partial charge in [-0.1, -0.05) is 11.6 Å². The van der Waals surface area contributed by atoms with Gasteiger partial charge in [-0.05, 0) is 31.5 Å². The van der Waals surface area contributed by atoms with Crippen LogP contribution in [0, 0.1) is 0 Å². The van der Waals surface area contributed by atoms with Crippen LogP contribution >= 0.6 is 11.6 Å². The van der Waals surface area contributed by atoms with Crippen LogP contribution in [0.2, 0.25) is 5.02 Å². The summed E-state index contributed by atoms with van der Waals surface area (Å²) >= 11 is 6.08. The van der Waals surface area contributed by atoms with Gasteiger partial charge in [0.25, 0.3) is 0 Å². The first-order valence-corrected chi connectivity index (χ1v) is 6.44. The van der Waals surface area contributed by atoms with Crippen LogP contribution in [0.4, 0.5) is 0 Å². The largest absolute Gasteiger partial charge is 0.493 e. The first kappa shape index (κ1) is 13.0. The maximum Gasteiger partial charge on any atom is 0.189 e. The maximum absolute atomic E-state index is 6.08. The molecule has 1 heterocycles. The van der Waals surface area contributed by atoms with Crippen molar-refractivity contribution in [3.63, 3.8) is 0 Å². The molecule has 0 saturated carbocycles. The zero-order valence-electron chi connectivity index (χ0n) is 10.7. The summed E-state index contributed by atoms with van der Waals surface area (Å²) in [5.41, 5.74) is 7.92. The molecule has 1 aromatic rings. The summed E-state index contributed by atoms with van der Waals surface area (Å²) in [5.74, 6) is 1.36. The highest BCUT2D eigenvalue weighted by Crippen LogP contribution is 2.33. The Hall–Kier alpha value is -1.42. The summed E-state index contributed by atoms with van der Waals surface area (Å²) in [5, 5.41) is 3.77. The number of halogens is 1. The Labute approximate surface area is 112 Å². The molecule has 4 nitrogen and oxygen atoms in total. The Balaban J connectivity index is 2.15. The van der Waals surface area contributed by atoms with Gasteiger partial charge in [0.15, 0.2) is 5.96 Å². The van der Waals surface area contributed by atoms with Crippen molar-refractivity contribution in [2.24, 2.45) is 10.7 Å². The molecule has 18 heavy (non-hydrogen) atoms. The SMILES string of the molecule is CC(C)NC(N)=NCc1cc(Cl)cc2c1OCC2. The Morgan fingerprint density at radius 3 is 3.06 bits per heavy atom. The number of ether oxygens (including phenoxy) is 1. The second kappa shape index (κ2) is 5.48. The molecule has 1 aliphatic rings. The van der Waals surface area contributed by atoms with Gasteiger partial charge < -0.3 is 15.8 Å². The second-order valence-corrected chi connectivity index (χ2v) is 5.09. The van der Waals surface area contributed by atoms with Crippen molar-refractivity contribution in [1.29, 1.82) is 0 Å². The van der Waals surface area contributed by atoms with E-state index in [4.69, 9.17) is 22.1 Å². The number of nitrogens with one attached hydrogen (secondary N) is 1. The summed E-state index contributed by atoms with van der Waals surface area (Å²) in [6, 6.07) is 4.11. The van der Waals surface area contributed by atoms with E-state index in [0.717, 1.165) is 28.3 Å². The Kier molecular flexibility index (Phi) is 3.97. The van der Waals surface area contributed by atoms with E-state index in [-0.39, 0.29) is 6.04 Å². The third-order valence-electron chi connectivity index (χ3n) is 2.68. The molecule has 5 heteroatoms. The van der Waals surface area contributed by atoms with E-state index in [1.807, 2.05) is 26.0 Å². The van der Waals surface area contributed by atoms with Crippen molar-refractivity contribution in [2.75, 3.05) is 6.61 Å². The average Bonchev–Trinajstić information content (AvgIpc) is 2.72. The van der Waals surface area contributed by atoms with Gasteiger partial charge in [-0.25, -0.2) is 4.99 Å². The molecule has 1 aliphatic heterocycles. The first-order valence-electron chi connectivity index (χ1n) is 6.07. The highest BCUT2D eigenvalue weighted by Gasteiger charge is 2.17. The van der Waals surface area contributed by atoms with E-state index >= 15 is 0 Å². The molecule has 0 aromatic heterocycles. The number of fused-ring (bicyclic) bond motifs is 1. The van der Waals surface area contributed by atoms with Crippen LogP contribution in [0.15, 0.2) is 17.1 Å². The van der Waals surface area contributed by atoms with Crippen LogP contribution in [0.3, 0.4) is 0 Å². The summed E-state index contributed by atoms with van der Waals surface area (Å²) in [4.78, 5) is 4.30. The standard InChI is InChI=1S/C13H18ClN3O/c1-8(2)17-13(15)16-7-10-6-11(14)5-9-3-4-18-12(9)10/h5-6,8H,3-4,7H2,1-2H3,(H3,15,16,17). The van der Waals surface area contributed by atoms with Gasteiger partial charge in [0.05, 0.1) is 13.2 Å². The molecule has 0 bridgehead atoms. The number of aliphatic imine (C=N–C) groups is 1. The minimum Gasteiger partial charge on any atom is -0.493 e. The van der Waals surface area contributed by atoms with Gasteiger partial charge in [0.1, 0.15) is 5.75 Å². The van der Waals surface area contributed by atoms with Gasteiger partial charge in [0.2, 0.25) is 0 Å². The lowest BCUT2D eigenvalue weighted by Gasteiger charge is -2.10. The molecule has 0 spiro atoms. The Bertz CT molecular complexity index is 472. The molecule has 1 aromatic carbocycles. The van der Waals surface area contributed by atoms with E-state index in [1.54, 1.807) is 0 Å². The van der Waals surface area contributed by atoms with Gasteiger partial charge in [-0.2, -0.15) is 0 Å². The minimum atomic E-state index is 0.273. The molecule has 0 atom stereocenters. The second-order valence-electron chi connectivity index (χ2n) is 4.65. The van der Waals surface area contributed by atoms with E-state index in [0.29, 0.717) is 19.1 Å². The van der Waals surface area contributed by atoms with Gasteiger partial charge in [0, 0.05) is 23.0 Å². The van der Waals surface area contributed by atoms with Crippen molar-refractivity contribution in [1.82, 2.24) is 5.32 Å². The van der Waals surface area contributed by atoms with Crippen molar-refractivity contribution < 1.29 is 4.74 Å². The van der Waals surface area contributed by atoms with Crippen LogP contribution in [0.5, 0.6) is 5.75 Å². The van der Waals surface area contributed by atoms with Crippen LogP contribution in [-0.4, -0.2) is 18.6 Å². The lowest BCUT2D eigenvalue weighted by atomic mass is 10.1. The van der Waals surface area contributed by atoms with Gasteiger partial charge in [-0.3, -0.25) is 0 Å². The molecule has 2 rings (SSSR count). The Morgan fingerprint density at radius 1 is 1.56 bits per heavy atom. The predicted octanol–water partition coefficient (Wildman–Crippen LogP) is 2.09. The van der Waals surface area contributed by atoms with Crippen LogP contribution in [0.25, 0.3) is 0 Å². The predicted molar refractivity (Wildman–Crippen MR) is 74.2 cm³/mol. The molecule has 0 aliphatic carbocycles. The van der Waals surface area contributed by atoms with Crippen molar-refractivity contribution in [2.45, 2.75) is 32.9 Å². The van der Waals surface area contributed by atoms with Crippen molar-refractivity contribution >= 4 is 17.6 Å². The molecular formula is C13H18ClN3O. The molecule has 0 unspecified atom stereocenters. The highest BCUT2D eigenvalue weighted by molar-refractivity contribution is 6.30. The quantitative estimate of drug-likeness (QED) is 0.651. The normalized spacial score (nSPS) is 14.6. The van der Waals surface area contributed by atoms with Crippen LogP contribution in [-0.2, 0) is 13.0 Å².